The molecule has 1 N–H and O–H groups in total. The third-order valence-electron chi connectivity index (χ3n) is 5.73. The average molecular weight is 329 g/mol. The van der Waals surface area contributed by atoms with Crippen molar-refractivity contribution in [3.63, 3.8) is 0 Å². The number of ether oxygens (including phenoxy) is 1. The first-order chi connectivity index (χ1) is 11.6. The van der Waals surface area contributed by atoms with Gasteiger partial charge in [-0.25, -0.2) is 0 Å². The molecule has 1 saturated heterocycles. The van der Waals surface area contributed by atoms with Gasteiger partial charge >= 0.3 is 0 Å². The first-order valence-corrected chi connectivity index (χ1v) is 8.71. The average Bonchev–Trinajstić information content (AvgIpc) is 3.05. The van der Waals surface area contributed by atoms with Crippen LogP contribution in [0.4, 0.5) is 0 Å². The van der Waals surface area contributed by atoms with Crippen molar-refractivity contribution in [3.8, 4) is 0 Å². The number of benzene rings is 1. The van der Waals surface area contributed by atoms with Crippen LogP contribution < -0.4 is 0 Å². The lowest BCUT2D eigenvalue weighted by Gasteiger charge is -2.56. The van der Waals surface area contributed by atoms with E-state index in [1.165, 1.54) is 0 Å². The lowest BCUT2D eigenvalue weighted by molar-refractivity contribution is -0.207. The maximum atomic E-state index is 12.7. The molecule has 0 unspecified atom stereocenters. The fourth-order valence-corrected chi connectivity index (χ4v) is 4.19. The van der Waals surface area contributed by atoms with E-state index in [1.54, 1.807) is 0 Å². The van der Waals surface area contributed by atoms with Gasteiger partial charge in [-0.05, 0) is 31.9 Å². The molecule has 0 bridgehead atoms. The van der Waals surface area contributed by atoms with Gasteiger partial charge < -0.3 is 19.2 Å². The van der Waals surface area contributed by atoms with Crippen molar-refractivity contribution in [2.45, 2.75) is 38.4 Å². The van der Waals surface area contributed by atoms with Gasteiger partial charge in [-0.1, -0.05) is 18.2 Å². The summed E-state index contributed by atoms with van der Waals surface area (Å²) in [6, 6.07) is 9.45. The highest BCUT2D eigenvalue weighted by Gasteiger charge is 2.56. The van der Waals surface area contributed by atoms with E-state index in [1.807, 2.05) is 42.2 Å². The van der Waals surface area contributed by atoms with Gasteiger partial charge in [0.05, 0.1) is 12.2 Å². The van der Waals surface area contributed by atoms with Crippen molar-refractivity contribution in [2.75, 3.05) is 19.7 Å². The van der Waals surface area contributed by atoms with Crippen molar-refractivity contribution in [2.24, 2.45) is 5.41 Å². The Hall–Kier alpha value is -1.85. The van der Waals surface area contributed by atoms with Gasteiger partial charge in [0.2, 0.25) is 0 Å². The fraction of sp³-hybridized carbons (Fsp3) is 0.526. The number of piperidine rings is 1. The van der Waals surface area contributed by atoms with Crippen molar-refractivity contribution < 1.29 is 19.1 Å². The molecular weight excluding hydrogens is 306 g/mol. The van der Waals surface area contributed by atoms with Gasteiger partial charge in [-0.15, -0.1) is 0 Å². The molecule has 1 aliphatic heterocycles. The number of likely N-dealkylation sites (tertiary alicyclic amines) is 1. The van der Waals surface area contributed by atoms with E-state index < -0.39 is 0 Å². The molecule has 0 radical (unpaired) electrons. The Morgan fingerprint density at radius 1 is 1.38 bits per heavy atom. The van der Waals surface area contributed by atoms with E-state index in [2.05, 4.69) is 0 Å². The van der Waals surface area contributed by atoms with E-state index in [9.17, 15) is 9.90 Å². The van der Waals surface area contributed by atoms with Crippen molar-refractivity contribution in [1.82, 2.24) is 4.90 Å². The molecule has 1 amide bonds. The number of amides is 1. The first kappa shape index (κ1) is 15.7. The van der Waals surface area contributed by atoms with Crippen LogP contribution >= 0.6 is 0 Å². The monoisotopic (exact) mass is 329 g/mol. The molecule has 2 heterocycles. The summed E-state index contributed by atoms with van der Waals surface area (Å²) >= 11 is 0. The Labute approximate surface area is 141 Å². The van der Waals surface area contributed by atoms with Crippen molar-refractivity contribution in [3.05, 3.63) is 36.1 Å². The van der Waals surface area contributed by atoms with Gasteiger partial charge in [0.25, 0.3) is 5.91 Å². The molecule has 1 aliphatic carbocycles. The predicted molar refractivity (Wildman–Crippen MR) is 89.8 cm³/mol. The number of nitrogens with zero attached hydrogens (tertiary/aromatic N) is 1. The number of furan rings is 1. The van der Waals surface area contributed by atoms with E-state index in [0.717, 1.165) is 23.8 Å². The zero-order valence-corrected chi connectivity index (χ0v) is 13.9. The maximum Gasteiger partial charge on any atom is 0.289 e. The quantitative estimate of drug-likeness (QED) is 0.940. The minimum Gasteiger partial charge on any atom is -0.451 e. The largest absolute Gasteiger partial charge is 0.451 e. The van der Waals surface area contributed by atoms with Crippen LogP contribution in [0.25, 0.3) is 11.0 Å². The molecular formula is C19H23NO4. The van der Waals surface area contributed by atoms with Crippen LogP contribution in [-0.4, -0.2) is 47.8 Å². The van der Waals surface area contributed by atoms with Crippen LogP contribution in [0.15, 0.2) is 34.7 Å². The molecule has 2 aliphatic rings. The van der Waals surface area contributed by atoms with E-state index >= 15 is 0 Å². The fourth-order valence-electron chi connectivity index (χ4n) is 4.19. The molecule has 5 nitrogen and oxygen atoms in total. The molecule has 2 fully saturated rings. The van der Waals surface area contributed by atoms with Crippen molar-refractivity contribution in [1.29, 1.82) is 0 Å². The highest BCUT2D eigenvalue weighted by Crippen LogP contribution is 2.51. The summed E-state index contributed by atoms with van der Waals surface area (Å²) in [7, 11) is 0. The third-order valence-corrected chi connectivity index (χ3v) is 5.73. The molecule has 1 aromatic heterocycles. The van der Waals surface area contributed by atoms with E-state index in [0.29, 0.717) is 31.9 Å². The Morgan fingerprint density at radius 3 is 2.79 bits per heavy atom. The molecule has 4 rings (SSSR count). The van der Waals surface area contributed by atoms with Crippen LogP contribution in [0.1, 0.15) is 36.7 Å². The van der Waals surface area contributed by atoms with E-state index in [-0.39, 0.29) is 23.5 Å². The highest BCUT2D eigenvalue weighted by atomic mass is 16.5. The second-order valence-corrected chi connectivity index (χ2v) is 6.87. The van der Waals surface area contributed by atoms with Gasteiger partial charge in [0, 0.05) is 36.9 Å². The maximum absolute atomic E-state index is 12.7. The normalized spacial score (nSPS) is 25.8. The van der Waals surface area contributed by atoms with E-state index in [4.69, 9.17) is 9.15 Å². The lowest BCUT2D eigenvalue weighted by atomic mass is 9.58. The standard InChI is InChI=1S/C19H23NO4/c1-2-23-17-12-16(21)19(17)7-9-20(10-8-19)18(22)15-11-13-5-3-4-6-14(13)24-15/h3-6,11,16-17,21H,2,7-10,12H2,1H3/t16-,17-/m1/s1. The van der Waals surface area contributed by atoms with Crippen molar-refractivity contribution >= 4 is 16.9 Å². The van der Waals surface area contributed by atoms with Gasteiger partial charge in [0.1, 0.15) is 5.58 Å². The van der Waals surface area contributed by atoms with Crippen LogP contribution in [0.2, 0.25) is 0 Å². The second kappa shape index (κ2) is 5.90. The Bertz CT molecular complexity index is 710. The highest BCUT2D eigenvalue weighted by molar-refractivity contribution is 5.96. The molecule has 5 heteroatoms. The van der Waals surface area contributed by atoms with Gasteiger partial charge in [-0.2, -0.15) is 0 Å². The molecule has 1 spiro atoms. The third kappa shape index (κ3) is 2.34. The molecule has 2 aromatic rings. The zero-order valence-electron chi connectivity index (χ0n) is 13.9. The number of aliphatic hydroxyl groups is 1. The zero-order chi connectivity index (χ0) is 16.7. The SMILES string of the molecule is CCO[C@@H]1C[C@@H](O)C12CCN(C(=O)c1cc3ccccc3o1)CC2. The summed E-state index contributed by atoms with van der Waals surface area (Å²) in [5.41, 5.74) is 0.570. The number of hydrogen-bond acceptors (Lipinski definition) is 4. The molecule has 24 heavy (non-hydrogen) atoms. The lowest BCUT2D eigenvalue weighted by Crippen LogP contribution is -2.62. The number of carbonyl (C=O) groups is 1. The summed E-state index contributed by atoms with van der Waals surface area (Å²) in [6.45, 7) is 3.92. The topological polar surface area (TPSA) is 62.9 Å². The number of carbonyl (C=O) groups excluding carboxylic acids is 1. The molecule has 1 aromatic carbocycles. The van der Waals surface area contributed by atoms with Crippen LogP contribution in [0.5, 0.6) is 0 Å². The summed E-state index contributed by atoms with van der Waals surface area (Å²) < 4.78 is 11.5. The van der Waals surface area contributed by atoms with Gasteiger partial charge in [-0.3, -0.25) is 4.79 Å². The molecule has 1 saturated carbocycles. The molecule has 128 valence electrons. The number of rotatable bonds is 3. The minimum absolute atomic E-state index is 0.0668. The Kier molecular flexibility index (Phi) is 3.85. The summed E-state index contributed by atoms with van der Waals surface area (Å²) in [5.74, 6) is 0.325. The number of para-hydroxylation sites is 1. The van der Waals surface area contributed by atoms with Crippen LogP contribution in [0, 0.1) is 5.41 Å². The minimum atomic E-state index is -0.308. The number of fused-ring (bicyclic) bond motifs is 1. The summed E-state index contributed by atoms with van der Waals surface area (Å²) in [4.78, 5) is 14.5. The smallest absolute Gasteiger partial charge is 0.289 e. The summed E-state index contributed by atoms with van der Waals surface area (Å²) in [5, 5.41) is 11.2. The Morgan fingerprint density at radius 2 is 2.12 bits per heavy atom. The van der Waals surface area contributed by atoms with Gasteiger partial charge in [0.15, 0.2) is 5.76 Å². The predicted octanol–water partition coefficient (Wildman–Crippen LogP) is 2.82. The second-order valence-electron chi connectivity index (χ2n) is 6.87. The first-order valence-electron chi connectivity index (χ1n) is 8.71. The van der Waals surface area contributed by atoms with Crippen LogP contribution in [0.3, 0.4) is 0 Å². The summed E-state index contributed by atoms with van der Waals surface area (Å²) in [6.07, 6.45) is 2.10. The van der Waals surface area contributed by atoms with Crippen LogP contribution in [-0.2, 0) is 4.74 Å². The number of aliphatic hydroxyl groups excluding tert-OH is 1. The number of hydrogen-bond donors (Lipinski definition) is 1. The molecule has 2 atom stereocenters. The Balaban J connectivity index is 1.46.